The number of methoxy groups -OCH3 is 2. The van der Waals surface area contributed by atoms with Crippen LogP contribution in [0.25, 0.3) is 0 Å². The molecule has 0 N–H and O–H groups in total. The van der Waals surface area contributed by atoms with Crippen LogP contribution in [0.3, 0.4) is 0 Å². The SMILES string of the molecule is CCOCCC(=O)Cc1ccc(OC)c(OC)c1. The molecule has 0 saturated heterocycles. The first-order chi connectivity index (χ1) is 8.71. The second kappa shape index (κ2) is 7.71. The Kier molecular flexibility index (Phi) is 6.22. The monoisotopic (exact) mass is 252 g/mol. The molecule has 0 aliphatic carbocycles. The second-order valence-electron chi connectivity index (χ2n) is 3.85. The first-order valence-corrected chi connectivity index (χ1v) is 6.01. The Hall–Kier alpha value is -1.55. The Bertz CT molecular complexity index is 387. The summed E-state index contributed by atoms with van der Waals surface area (Å²) in [6, 6.07) is 5.52. The van der Waals surface area contributed by atoms with Crippen LogP contribution in [0.4, 0.5) is 0 Å². The quantitative estimate of drug-likeness (QED) is 0.666. The van der Waals surface area contributed by atoms with E-state index in [0.29, 0.717) is 37.6 Å². The van der Waals surface area contributed by atoms with Crippen molar-refractivity contribution in [1.82, 2.24) is 0 Å². The Morgan fingerprint density at radius 2 is 1.89 bits per heavy atom. The number of carbonyl (C=O) groups excluding carboxylic acids is 1. The molecular formula is C14H20O4. The Labute approximate surface area is 108 Å². The molecule has 0 spiro atoms. The van der Waals surface area contributed by atoms with Crippen molar-refractivity contribution < 1.29 is 19.0 Å². The molecule has 1 rings (SSSR count). The molecule has 0 amide bonds. The van der Waals surface area contributed by atoms with Crippen LogP contribution < -0.4 is 9.47 Å². The normalized spacial score (nSPS) is 10.2. The van der Waals surface area contributed by atoms with Crippen molar-refractivity contribution in [3.05, 3.63) is 23.8 Å². The molecule has 0 heterocycles. The van der Waals surface area contributed by atoms with Gasteiger partial charge in [-0.1, -0.05) is 6.07 Å². The maximum absolute atomic E-state index is 11.7. The minimum Gasteiger partial charge on any atom is -0.493 e. The van der Waals surface area contributed by atoms with Gasteiger partial charge in [0.1, 0.15) is 5.78 Å². The Morgan fingerprint density at radius 3 is 2.50 bits per heavy atom. The van der Waals surface area contributed by atoms with E-state index in [2.05, 4.69) is 0 Å². The zero-order valence-electron chi connectivity index (χ0n) is 11.2. The number of ketones is 1. The van der Waals surface area contributed by atoms with Gasteiger partial charge in [0.15, 0.2) is 11.5 Å². The van der Waals surface area contributed by atoms with Crippen LogP contribution in [0.2, 0.25) is 0 Å². The number of benzene rings is 1. The first kappa shape index (κ1) is 14.5. The van der Waals surface area contributed by atoms with Crippen molar-refractivity contribution in [2.45, 2.75) is 19.8 Å². The highest BCUT2D eigenvalue weighted by molar-refractivity contribution is 5.81. The van der Waals surface area contributed by atoms with Crippen LogP contribution >= 0.6 is 0 Å². The molecule has 4 heteroatoms. The minimum absolute atomic E-state index is 0.163. The molecular weight excluding hydrogens is 232 g/mol. The minimum atomic E-state index is 0.163. The van der Waals surface area contributed by atoms with E-state index in [1.54, 1.807) is 14.2 Å². The van der Waals surface area contributed by atoms with E-state index in [4.69, 9.17) is 14.2 Å². The van der Waals surface area contributed by atoms with E-state index in [0.717, 1.165) is 5.56 Å². The van der Waals surface area contributed by atoms with Crippen molar-refractivity contribution in [3.8, 4) is 11.5 Å². The van der Waals surface area contributed by atoms with E-state index in [-0.39, 0.29) is 5.78 Å². The number of hydrogen-bond donors (Lipinski definition) is 0. The molecule has 0 atom stereocenters. The van der Waals surface area contributed by atoms with Gasteiger partial charge in [-0.3, -0.25) is 4.79 Å². The summed E-state index contributed by atoms with van der Waals surface area (Å²) in [5.74, 6) is 1.48. The summed E-state index contributed by atoms with van der Waals surface area (Å²) < 4.78 is 15.5. The van der Waals surface area contributed by atoms with Crippen LogP contribution in [0, 0.1) is 0 Å². The third kappa shape index (κ3) is 4.37. The van der Waals surface area contributed by atoms with Crippen LogP contribution in [-0.2, 0) is 16.0 Å². The molecule has 100 valence electrons. The lowest BCUT2D eigenvalue weighted by molar-refractivity contribution is -0.119. The van der Waals surface area contributed by atoms with Crippen LogP contribution in [0.5, 0.6) is 11.5 Å². The molecule has 0 radical (unpaired) electrons. The fourth-order valence-corrected chi connectivity index (χ4v) is 1.64. The highest BCUT2D eigenvalue weighted by atomic mass is 16.5. The van der Waals surface area contributed by atoms with E-state index >= 15 is 0 Å². The van der Waals surface area contributed by atoms with E-state index < -0.39 is 0 Å². The Balaban J connectivity index is 2.59. The molecule has 0 aliphatic rings. The second-order valence-corrected chi connectivity index (χ2v) is 3.85. The fourth-order valence-electron chi connectivity index (χ4n) is 1.64. The van der Waals surface area contributed by atoms with Gasteiger partial charge in [-0.15, -0.1) is 0 Å². The van der Waals surface area contributed by atoms with Crippen LogP contribution in [-0.4, -0.2) is 33.2 Å². The number of ether oxygens (including phenoxy) is 3. The maximum atomic E-state index is 11.7. The van der Waals surface area contributed by atoms with E-state index in [1.165, 1.54) is 0 Å². The standard InChI is InChI=1S/C14H20O4/c1-4-18-8-7-12(15)9-11-5-6-13(16-2)14(10-11)17-3/h5-6,10H,4,7-9H2,1-3H3. The zero-order chi connectivity index (χ0) is 13.4. The molecule has 0 saturated carbocycles. The van der Waals surface area contributed by atoms with Gasteiger partial charge in [-0.2, -0.15) is 0 Å². The largest absolute Gasteiger partial charge is 0.493 e. The van der Waals surface area contributed by atoms with Gasteiger partial charge in [0.2, 0.25) is 0 Å². The van der Waals surface area contributed by atoms with Gasteiger partial charge in [-0.25, -0.2) is 0 Å². The first-order valence-electron chi connectivity index (χ1n) is 6.01. The fraction of sp³-hybridized carbons (Fsp3) is 0.500. The van der Waals surface area contributed by atoms with Crippen LogP contribution in [0.15, 0.2) is 18.2 Å². The predicted octanol–water partition coefficient (Wildman–Crippen LogP) is 2.24. The predicted molar refractivity (Wildman–Crippen MR) is 69.4 cm³/mol. The molecule has 0 aromatic heterocycles. The lowest BCUT2D eigenvalue weighted by Crippen LogP contribution is -2.07. The smallest absolute Gasteiger partial charge is 0.161 e. The highest BCUT2D eigenvalue weighted by Crippen LogP contribution is 2.27. The Morgan fingerprint density at radius 1 is 1.17 bits per heavy atom. The molecule has 1 aromatic carbocycles. The van der Waals surface area contributed by atoms with Crippen molar-refractivity contribution in [2.24, 2.45) is 0 Å². The maximum Gasteiger partial charge on any atom is 0.161 e. The number of carbonyl (C=O) groups is 1. The van der Waals surface area contributed by atoms with Gasteiger partial charge < -0.3 is 14.2 Å². The van der Waals surface area contributed by atoms with Crippen molar-refractivity contribution >= 4 is 5.78 Å². The van der Waals surface area contributed by atoms with Crippen molar-refractivity contribution in [1.29, 1.82) is 0 Å². The third-order valence-corrected chi connectivity index (χ3v) is 2.58. The molecule has 0 fully saturated rings. The summed E-state index contributed by atoms with van der Waals surface area (Å²) in [6.45, 7) is 3.05. The number of Topliss-reactive ketones (excluding diaryl/α,β-unsaturated/α-hetero) is 1. The zero-order valence-corrected chi connectivity index (χ0v) is 11.2. The topological polar surface area (TPSA) is 44.8 Å². The summed E-state index contributed by atoms with van der Waals surface area (Å²) in [7, 11) is 3.17. The summed E-state index contributed by atoms with van der Waals surface area (Å²) in [5, 5.41) is 0. The number of hydrogen-bond acceptors (Lipinski definition) is 4. The lowest BCUT2D eigenvalue weighted by Gasteiger charge is -2.09. The van der Waals surface area contributed by atoms with E-state index in [1.807, 2.05) is 25.1 Å². The summed E-state index contributed by atoms with van der Waals surface area (Å²) in [6.07, 6.45) is 0.843. The van der Waals surface area contributed by atoms with Crippen molar-refractivity contribution in [2.75, 3.05) is 27.4 Å². The van der Waals surface area contributed by atoms with Crippen LogP contribution in [0.1, 0.15) is 18.9 Å². The average Bonchev–Trinajstić information content (AvgIpc) is 2.39. The van der Waals surface area contributed by atoms with E-state index in [9.17, 15) is 4.79 Å². The van der Waals surface area contributed by atoms with Gasteiger partial charge in [-0.05, 0) is 24.6 Å². The molecule has 0 aliphatic heterocycles. The summed E-state index contributed by atoms with van der Waals surface area (Å²) >= 11 is 0. The third-order valence-electron chi connectivity index (χ3n) is 2.58. The average molecular weight is 252 g/mol. The van der Waals surface area contributed by atoms with Gasteiger partial charge in [0.25, 0.3) is 0 Å². The van der Waals surface area contributed by atoms with Gasteiger partial charge >= 0.3 is 0 Å². The van der Waals surface area contributed by atoms with Gasteiger partial charge in [0, 0.05) is 19.4 Å². The van der Waals surface area contributed by atoms with Gasteiger partial charge in [0.05, 0.1) is 20.8 Å². The highest BCUT2D eigenvalue weighted by Gasteiger charge is 2.08. The molecule has 18 heavy (non-hydrogen) atoms. The number of rotatable bonds is 8. The molecule has 0 bridgehead atoms. The van der Waals surface area contributed by atoms with Crippen molar-refractivity contribution in [3.63, 3.8) is 0 Å². The molecule has 1 aromatic rings. The lowest BCUT2D eigenvalue weighted by atomic mass is 10.1. The molecule has 0 unspecified atom stereocenters. The molecule has 4 nitrogen and oxygen atoms in total. The summed E-state index contributed by atoms with van der Waals surface area (Å²) in [4.78, 5) is 11.7. The summed E-state index contributed by atoms with van der Waals surface area (Å²) in [5.41, 5.74) is 0.925.